The molecule has 0 aromatic heterocycles. The highest BCUT2D eigenvalue weighted by molar-refractivity contribution is 9.10. The van der Waals surface area contributed by atoms with Crippen LogP contribution in [0.25, 0.3) is 0 Å². The minimum atomic E-state index is -1.57. The number of primary amides is 1. The summed E-state index contributed by atoms with van der Waals surface area (Å²) in [7, 11) is 1.24. The van der Waals surface area contributed by atoms with Gasteiger partial charge in [0.15, 0.2) is 0 Å². The molecule has 1 atom stereocenters. The first-order valence-corrected chi connectivity index (χ1v) is 4.61. The highest BCUT2D eigenvalue weighted by Crippen LogP contribution is 2.27. The number of nitrogens with two attached hydrogens (primary N) is 1. The lowest BCUT2D eigenvalue weighted by Crippen LogP contribution is -2.11. The summed E-state index contributed by atoms with van der Waals surface area (Å²) in [6.07, 6.45) is -1.57. The van der Waals surface area contributed by atoms with Gasteiger partial charge in [-0.1, -0.05) is 15.9 Å². The number of carbonyl (C=O) groups is 1. The van der Waals surface area contributed by atoms with Gasteiger partial charge in [-0.3, -0.25) is 4.79 Å². The molecule has 1 rings (SSSR count). The van der Waals surface area contributed by atoms with Crippen molar-refractivity contribution in [2.75, 3.05) is 7.11 Å². The van der Waals surface area contributed by atoms with E-state index >= 15 is 0 Å². The molecule has 0 aliphatic carbocycles. The van der Waals surface area contributed by atoms with Crippen LogP contribution in [-0.2, 0) is 4.74 Å². The Morgan fingerprint density at radius 2 is 2.29 bits per heavy atom. The van der Waals surface area contributed by atoms with E-state index in [1.165, 1.54) is 19.2 Å². The van der Waals surface area contributed by atoms with Gasteiger partial charge in [-0.25, -0.2) is 4.39 Å². The molecule has 0 spiro atoms. The van der Waals surface area contributed by atoms with Gasteiger partial charge in [-0.15, -0.1) is 0 Å². The molecule has 5 heteroatoms. The van der Waals surface area contributed by atoms with E-state index in [1.807, 2.05) is 0 Å². The van der Waals surface area contributed by atoms with Crippen LogP contribution in [0, 0.1) is 0 Å². The normalized spacial score (nSPS) is 12.5. The molecule has 0 radical (unpaired) electrons. The standard InChI is InChI=1S/C9H9BrFNO2/c1-14-8(11)6-4-5(9(12)13)2-3-7(6)10/h2-4,8H,1H3,(H2,12,13). The molecule has 2 N–H and O–H groups in total. The molecule has 14 heavy (non-hydrogen) atoms. The van der Waals surface area contributed by atoms with Gasteiger partial charge >= 0.3 is 0 Å². The van der Waals surface area contributed by atoms with Gasteiger partial charge in [-0.05, 0) is 18.2 Å². The Morgan fingerprint density at radius 3 is 2.79 bits per heavy atom. The fourth-order valence-electron chi connectivity index (χ4n) is 0.998. The van der Waals surface area contributed by atoms with Crippen LogP contribution in [0.3, 0.4) is 0 Å². The molecule has 3 nitrogen and oxygen atoms in total. The smallest absolute Gasteiger partial charge is 0.248 e. The predicted octanol–water partition coefficient (Wildman–Crippen LogP) is 2.16. The first kappa shape index (κ1) is 11.1. The van der Waals surface area contributed by atoms with E-state index in [0.29, 0.717) is 4.47 Å². The largest absolute Gasteiger partial charge is 0.366 e. The summed E-state index contributed by atoms with van der Waals surface area (Å²) in [5, 5.41) is 0. The number of hydrogen-bond donors (Lipinski definition) is 1. The summed E-state index contributed by atoms with van der Waals surface area (Å²) in [6.45, 7) is 0. The zero-order valence-electron chi connectivity index (χ0n) is 7.46. The number of benzene rings is 1. The predicted molar refractivity (Wildman–Crippen MR) is 53.5 cm³/mol. The molecule has 0 saturated heterocycles. The first-order valence-electron chi connectivity index (χ1n) is 3.82. The van der Waals surface area contributed by atoms with Crippen LogP contribution < -0.4 is 5.73 Å². The lowest BCUT2D eigenvalue weighted by molar-refractivity contribution is -0.00717. The fraction of sp³-hybridized carbons (Fsp3) is 0.222. The molecule has 1 unspecified atom stereocenters. The van der Waals surface area contributed by atoms with Crippen LogP contribution in [0.5, 0.6) is 0 Å². The Bertz CT molecular complexity index is 357. The van der Waals surface area contributed by atoms with E-state index in [-0.39, 0.29) is 11.1 Å². The Morgan fingerprint density at radius 1 is 1.64 bits per heavy atom. The van der Waals surface area contributed by atoms with Crippen molar-refractivity contribution in [3.63, 3.8) is 0 Å². The Balaban J connectivity index is 3.14. The molecule has 0 fully saturated rings. The van der Waals surface area contributed by atoms with E-state index in [1.54, 1.807) is 6.07 Å². The molecule has 0 aliphatic heterocycles. The topological polar surface area (TPSA) is 52.3 Å². The maximum absolute atomic E-state index is 13.2. The molecule has 0 saturated carbocycles. The SMILES string of the molecule is COC(F)c1cc(C(N)=O)ccc1Br. The average molecular weight is 262 g/mol. The molecule has 1 aromatic carbocycles. The fourth-order valence-corrected chi connectivity index (χ4v) is 1.42. The van der Waals surface area contributed by atoms with Gasteiger partial charge in [0, 0.05) is 22.7 Å². The van der Waals surface area contributed by atoms with Crippen LogP contribution in [0.2, 0.25) is 0 Å². The quantitative estimate of drug-likeness (QED) is 0.907. The van der Waals surface area contributed by atoms with Crippen molar-refractivity contribution < 1.29 is 13.9 Å². The van der Waals surface area contributed by atoms with E-state index in [0.717, 1.165) is 0 Å². The van der Waals surface area contributed by atoms with Crippen LogP contribution in [0.15, 0.2) is 22.7 Å². The summed E-state index contributed by atoms with van der Waals surface area (Å²) in [5.74, 6) is -0.595. The number of carbonyl (C=O) groups excluding carboxylic acids is 1. The third kappa shape index (κ3) is 2.30. The summed E-state index contributed by atoms with van der Waals surface area (Å²) in [5.41, 5.74) is 5.56. The second kappa shape index (κ2) is 4.52. The summed E-state index contributed by atoms with van der Waals surface area (Å²) >= 11 is 3.15. The minimum Gasteiger partial charge on any atom is -0.366 e. The second-order valence-corrected chi connectivity index (χ2v) is 3.51. The molecular weight excluding hydrogens is 253 g/mol. The van der Waals surface area contributed by atoms with E-state index in [9.17, 15) is 9.18 Å². The third-order valence-corrected chi connectivity index (χ3v) is 2.45. The molecule has 0 aliphatic rings. The maximum Gasteiger partial charge on any atom is 0.248 e. The summed E-state index contributed by atoms with van der Waals surface area (Å²) in [4.78, 5) is 10.8. The second-order valence-electron chi connectivity index (χ2n) is 2.65. The monoisotopic (exact) mass is 261 g/mol. The number of halogens is 2. The first-order chi connectivity index (χ1) is 6.56. The van der Waals surface area contributed by atoms with Gasteiger partial charge in [-0.2, -0.15) is 0 Å². The number of methoxy groups -OCH3 is 1. The molecule has 1 aromatic rings. The third-order valence-electron chi connectivity index (χ3n) is 1.73. The number of amides is 1. The van der Waals surface area contributed by atoms with Crippen molar-refractivity contribution in [3.8, 4) is 0 Å². The van der Waals surface area contributed by atoms with Crippen LogP contribution >= 0.6 is 15.9 Å². The van der Waals surface area contributed by atoms with Crippen molar-refractivity contribution in [3.05, 3.63) is 33.8 Å². The van der Waals surface area contributed by atoms with Crippen molar-refractivity contribution in [1.82, 2.24) is 0 Å². The van der Waals surface area contributed by atoms with Gasteiger partial charge < -0.3 is 10.5 Å². The number of rotatable bonds is 3. The Hall–Kier alpha value is -0.940. The van der Waals surface area contributed by atoms with E-state index < -0.39 is 12.3 Å². The Labute approximate surface area is 89.2 Å². The zero-order valence-corrected chi connectivity index (χ0v) is 9.05. The lowest BCUT2D eigenvalue weighted by atomic mass is 10.1. The minimum absolute atomic E-state index is 0.253. The van der Waals surface area contributed by atoms with Gasteiger partial charge in [0.1, 0.15) is 0 Å². The number of ether oxygens (including phenoxy) is 1. The Kier molecular flexibility index (Phi) is 3.60. The number of hydrogen-bond acceptors (Lipinski definition) is 2. The lowest BCUT2D eigenvalue weighted by Gasteiger charge is -2.09. The van der Waals surface area contributed by atoms with Gasteiger partial charge in [0.05, 0.1) is 0 Å². The highest BCUT2D eigenvalue weighted by atomic mass is 79.9. The van der Waals surface area contributed by atoms with Crippen LogP contribution in [0.4, 0.5) is 4.39 Å². The van der Waals surface area contributed by atoms with Gasteiger partial charge in [0.2, 0.25) is 12.3 Å². The highest BCUT2D eigenvalue weighted by Gasteiger charge is 2.14. The summed E-state index contributed by atoms with van der Waals surface area (Å²) in [6, 6.07) is 4.43. The van der Waals surface area contributed by atoms with Gasteiger partial charge in [0.25, 0.3) is 0 Å². The zero-order chi connectivity index (χ0) is 10.7. The van der Waals surface area contributed by atoms with Crippen LogP contribution in [-0.4, -0.2) is 13.0 Å². The van der Waals surface area contributed by atoms with Crippen molar-refractivity contribution in [1.29, 1.82) is 0 Å². The molecule has 1 amide bonds. The van der Waals surface area contributed by atoms with Crippen molar-refractivity contribution >= 4 is 21.8 Å². The molecule has 76 valence electrons. The van der Waals surface area contributed by atoms with Crippen molar-refractivity contribution in [2.24, 2.45) is 5.73 Å². The molecule has 0 bridgehead atoms. The molecular formula is C9H9BrFNO2. The molecule has 0 heterocycles. The van der Waals surface area contributed by atoms with E-state index in [2.05, 4.69) is 20.7 Å². The van der Waals surface area contributed by atoms with E-state index in [4.69, 9.17) is 5.73 Å². The summed E-state index contributed by atoms with van der Waals surface area (Å²) < 4.78 is 18.2. The number of alkyl halides is 1. The van der Waals surface area contributed by atoms with Crippen molar-refractivity contribution in [2.45, 2.75) is 6.36 Å². The maximum atomic E-state index is 13.2. The van der Waals surface area contributed by atoms with Crippen LogP contribution in [0.1, 0.15) is 22.3 Å². The average Bonchev–Trinajstić information content (AvgIpc) is 2.17.